The standard InChI is InChI=1S/C71H51NO2/c1-69(2)54-37-42(33-35-48(54)60-56(69)39-52(46-28-17-21-40-19-7-9-23-44(40)46)67-62(60)50-26-12-15-31-58(50)73-67)72(57-30-18-22-41-20-8-10-24-45(41)57)43-34-36-49-55(38-43)71(5,6)65-61(49)63-51-27-13-16-32-59(51)74-68(63)64-47-25-11-14-29-53(47)70(3,4)66(64)65/h7-39H,1-6H3. The normalized spacial score (nSPS) is 15.2. The fraction of sp³-hybridized carbons (Fsp3) is 0.127. The zero-order valence-corrected chi connectivity index (χ0v) is 42.3. The molecule has 0 unspecified atom stereocenters. The molecule has 0 radical (unpaired) electrons. The molecule has 13 aromatic rings. The number of anilines is 3. The van der Waals surface area contributed by atoms with Crippen LogP contribution in [0.1, 0.15) is 74.9 Å². The van der Waals surface area contributed by atoms with Gasteiger partial charge in [-0.25, -0.2) is 0 Å². The van der Waals surface area contributed by atoms with Crippen LogP contribution in [-0.4, -0.2) is 0 Å². The first kappa shape index (κ1) is 41.9. The van der Waals surface area contributed by atoms with Crippen molar-refractivity contribution >= 4 is 82.5 Å². The van der Waals surface area contributed by atoms with E-state index in [9.17, 15) is 0 Å². The Morgan fingerprint density at radius 1 is 0.324 bits per heavy atom. The maximum absolute atomic E-state index is 7.02. The van der Waals surface area contributed by atoms with Crippen LogP contribution in [0, 0.1) is 0 Å². The Bertz CT molecular complexity index is 4640. The molecule has 2 aromatic heterocycles. The maximum atomic E-state index is 7.02. The van der Waals surface area contributed by atoms with Crippen molar-refractivity contribution < 1.29 is 8.83 Å². The van der Waals surface area contributed by atoms with E-state index in [0.29, 0.717) is 0 Å². The summed E-state index contributed by atoms with van der Waals surface area (Å²) in [6.45, 7) is 14.6. The lowest BCUT2D eigenvalue weighted by atomic mass is 9.72. The van der Waals surface area contributed by atoms with E-state index >= 15 is 0 Å². The summed E-state index contributed by atoms with van der Waals surface area (Å²) in [5.41, 5.74) is 24.3. The van der Waals surface area contributed by atoms with Crippen molar-refractivity contribution in [2.24, 2.45) is 0 Å². The minimum Gasteiger partial charge on any atom is -0.455 e. The molecule has 3 aliphatic rings. The molecule has 11 aromatic carbocycles. The summed E-state index contributed by atoms with van der Waals surface area (Å²) >= 11 is 0. The fourth-order valence-corrected chi connectivity index (χ4v) is 14.4. The maximum Gasteiger partial charge on any atom is 0.144 e. The molecule has 0 amide bonds. The number of hydrogen-bond acceptors (Lipinski definition) is 3. The molecule has 0 fully saturated rings. The van der Waals surface area contributed by atoms with Crippen molar-refractivity contribution in [3.8, 4) is 44.5 Å². The van der Waals surface area contributed by atoms with Crippen LogP contribution < -0.4 is 4.90 Å². The highest BCUT2D eigenvalue weighted by molar-refractivity contribution is 6.22. The Kier molecular flexibility index (Phi) is 8.10. The predicted molar refractivity (Wildman–Crippen MR) is 309 cm³/mol. The van der Waals surface area contributed by atoms with E-state index < -0.39 is 0 Å². The van der Waals surface area contributed by atoms with E-state index in [1.807, 2.05) is 0 Å². The molecule has 0 bridgehead atoms. The Morgan fingerprint density at radius 2 is 0.811 bits per heavy atom. The number of fused-ring (bicyclic) bond motifs is 21. The first-order valence-corrected chi connectivity index (χ1v) is 26.2. The Morgan fingerprint density at radius 3 is 1.53 bits per heavy atom. The average Bonchev–Trinajstić information content (AvgIpc) is 4.35. The molecule has 0 aliphatic heterocycles. The first-order valence-electron chi connectivity index (χ1n) is 26.2. The highest BCUT2D eigenvalue weighted by Gasteiger charge is 2.49. The molecule has 0 N–H and O–H groups in total. The number of nitrogens with zero attached hydrogens (tertiary/aromatic N) is 1. The van der Waals surface area contributed by atoms with Gasteiger partial charge in [0, 0.05) is 65.7 Å². The molecule has 74 heavy (non-hydrogen) atoms. The van der Waals surface area contributed by atoms with E-state index in [-0.39, 0.29) is 16.2 Å². The van der Waals surface area contributed by atoms with Crippen LogP contribution in [0.25, 0.3) is 110 Å². The lowest BCUT2D eigenvalue weighted by Crippen LogP contribution is -2.24. The Hall–Kier alpha value is -8.66. The van der Waals surface area contributed by atoms with Gasteiger partial charge < -0.3 is 13.7 Å². The van der Waals surface area contributed by atoms with Gasteiger partial charge in [0.05, 0.1) is 5.69 Å². The molecule has 352 valence electrons. The lowest BCUT2D eigenvalue weighted by molar-refractivity contribution is 0.600. The molecule has 2 heterocycles. The summed E-state index contributed by atoms with van der Waals surface area (Å²) in [6.07, 6.45) is 0. The Labute approximate surface area is 429 Å². The van der Waals surface area contributed by atoms with E-state index in [1.165, 1.54) is 110 Å². The summed E-state index contributed by atoms with van der Waals surface area (Å²) in [7, 11) is 0. The number of benzene rings is 11. The van der Waals surface area contributed by atoms with E-state index in [1.54, 1.807) is 0 Å². The van der Waals surface area contributed by atoms with Crippen molar-refractivity contribution in [2.45, 2.75) is 57.8 Å². The monoisotopic (exact) mass is 949 g/mol. The largest absolute Gasteiger partial charge is 0.455 e. The third-order valence-electron chi connectivity index (χ3n) is 17.8. The van der Waals surface area contributed by atoms with Gasteiger partial charge in [-0.3, -0.25) is 0 Å². The van der Waals surface area contributed by atoms with Crippen LogP contribution in [0.4, 0.5) is 17.1 Å². The van der Waals surface area contributed by atoms with E-state index in [4.69, 9.17) is 8.83 Å². The van der Waals surface area contributed by atoms with Crippen molar-refractivity contribution in [1.29, 1.82) is 0 Å². The topological polar surface area (TPSA) is 29.5 Å². The number of rotatable bonds is 4. The molecule has 0 spiro atoms. The van der Waals surface area contributed by atoms with Gasteiger partial charge in [-0.15, -0.1) is 0 Å². The summed E-state index contributed by atoms with van der Waals surface area (Å²) in [6, 6.07) is 74.1. The summed E-state index contributed by atoms with van der Waals surface area (Å²) < 4.78 is 14.0. The average molecular weight is 950 g/mol. The Balaban J connectivity index is 0.933. The lowest BCUT2D eigenvalue weighted by Gasteiger charge is -2.32. The van der Waals surface area contributed by atoms with Crippen LogP contribution in [0.15, 0.2) is 209 Å². The molecule has 16 rings (SSSR count). The van der Waals surface area contributed by atoms with Crippen molar-refractivity contribution in [2.75, 3.05) is 4.90 Å². The molecule has 3 aliphatic carbocycles. The summed E-state index contributed by atoms with van der Waals surface area (Å²) in [4.78, 5) is 2.53. The predicted octanol–water partition coefficient (Wildman–Crippen LogP) is 19.8. The van der Waals surface area contributed by atoms with Crippen molar-refractivity contribution in [3.63, 3.8) is 0 Å². The second kappa shape index (κ2) is 14.3. The van der Waals surface area contributed by atoms with Gasteiger partial charge in [-0.05, 0) is 131 Å². The van der Waals surface area contributed by atoms with Crippen LogP contribution in [-0.2, 0) is 16.2 Å². The quantitative estimate of drug-likeness (QED) is 0.176. The second-order valence-electron chi connectivity index (χ2n) is 22.7. The van der Waals surface area contributed by atoms with Crippen LogP contribution in [0.2, 0.25) is 0 Å². The van der Waals surface area contributed by atoms with Gasteiger partial charge in [0.2, 0.25) is 0 Å². The van der Waals surface area contributed by atoms with Gasteiger partial charge in [0.15, 0.2) is 0 Å². The smallest absolute Gasteiger partial charge is 0.144 e. The molecule has 3 heteroatoms. The third kappa shape index (κ3) is 5.26. The molecule has 0 saturated heterocycles. The van der Waals surface area contributed by atoms with Gasteiger partial charge in [-0.1, -0.05) is 193 Å². The van der Waals surface area contributed by atoms with Gasteiger partial charge in [0.25, 0.3) is 0 Å². The second-order valence-corrected chi connectivity index (χ2v) is 22.7. The van der Waals surface area contributed by atoms with Crippen LogP contribution in [0.3, 0.4) is 0 Å². The molecule has 0 atom stereocenters. The minimum atomic E-state index is -0.345. The number of furan rings is 2. The molecule has 3 nitrogen and oxygen atoms in total. The summed E-state index contributed by atoms with van der Waals surface area (Å²) in [5, 5.41) is 9.57. The zero-order valence-electron chi connectivity index (χ0n) is 42.3. The third-order valence-corrected chi connectivity index (χ3v) is 17.8. The van der Waals surface area contributed by atoms with E-state index in [0.717, 1.165) is 50.3 Å². The van der Waals surface area contributed by atoms with Gasteiger partial charge >= 0.3 is 0 Å². The first-order chi connectivity index (χ1) is 36.0. The zero-order chi connectivity index (χ0) is 49.6. The van der Waals surface area contributed by atoms with Gasteiger partial charge in [0.1, 0.15) is 22.3 Å². The SMILES string of the molecule is CC1(C)c2cc(N(c3ccc4c(c3)C(C)(C)c3c5c(c6oc7ccccc7c6c3-4)-c3ccccc3C5(C)C)c3cccc4ccccc34)ccc2-c2c1cc(-c1cccc3ccccc13)c1oc3ccccc3c21. The van der Waals surface area contributed by atoms with Gasteiger partial charge in [-0.2, -0.15) is 0 Å². The highest BCUT2D eigenvalue weighted by Crippen LogP contribution is 2.64. The fourth-order valence-electron chi connectivity index (χ4n) is 14.4. The molecular weight excluding hydrogens is 899 g/mol. The highest BCUT2D eigenvalue weighted by atomic mass is 16.3. The van der Waals surface area contributed by atoms with Crippen LogP contribution in [0.5, 0.6) is 0 Å². The minimum absolute atomic E-state index is 0.237. The van der Waals surface area contributed by atoms with Crippen LogP contribution >= 0.6 is 0 Å². The molecule has 0 saturated carbocycles. The summed E-state index contributed by atoms with van der Waals surface area (Å²) in [5.74, 6) is 0. The number of para-hydroxylation sites is 2. The van der Waals surface area contributed by atoms with Crippen molar-refractivity contribution in [3.05, 3.63) is 234 Å². The van der Waals surface area contributed by atoms with Crippen molar-refractivity contribution in [1.82, 2.24) is 0 Å². The number of hydrogen-bond donors (Lipinski definition) is 0. The molecular formula is C71H51NO2. The van der Waals surface area contributed by atoms with E-state index in [2.05, 4.69) is 247 Å².